The van der Waals surface area contributed by atoms with E-state index in [1.165, 1.54) is 0 Å². The van der Waals surface area contributed by atoms with Gasteiger partial charge in [-0.2, -0.15) is 0 Å². The minimum atomic E-state index is -0.850. The highest BCUT2D eigenvalue weighted by atomic mass is 16.6. The van der Waals surface area contributed by atoms with Crippen LogP contribution in [0.3, 0.4) is 0 Å². The molecule has 206 valence electrons. The molecule has 2 unspecified atom stereocenters. The maximum atomic E-state index is 14.3. The molecule has 2 aromatic carbocycles. The summed E-state index contributed by atoms with van der Waals surface area (Å²) in [6.07, 6.45) is 0.964. The van der Waals surface area contributed by atoms with Crippen LogP contribution >= 0.6 is 0 Å². The van der Waals surface area contributed by atoms with E-state index in [4.69, 9.17) is 4.74 Å². The van der Waals surface area contributed by atoms with Gasteiger partial charge in [0.15, 0.2) is 0 Å². The van der Waals surface area contributed by atoms with Crippen LogP contribution in [0.15, 0.2) is 36.4 Å². The number of hydrogen-bond acceptors (Lipinski definition) is 4. The normalized spacial score (nSPS) is 15.0. The molecule has 0 saturated heterocycles. The number of aryl methyl sites for hydroxylation is 4. The topological polar surface area (TPSA) is 87.7 Å². The Kier molecular flexibility index (Phi) is 8.90. The highest BCUT2D eigenvalue weighted by Gasteiger charge is 2.45. The number of rotatable bonds is 8. The third kappa shape index (κ3) is 6.94. The fourth-order valence-electron chi connectivity index (χ4n) is 4.84. The molecule has 38 heavy (non-hydrogen) atoms. The van der Waals surface area contributed by atoms with Crippen LogP contribution in [0.1, 0.15) is 81.3 Å². The summed E-state index contributed by atoms with van der Waals surface area (Å²) < 4.78 is 5.46. The quantitative estimate of drug-likeness (QED) is 0.437. The minimum absolute atomic E-state index is 0.0862. The second-order valence-corrected chi connectivity index (χ2v) is 11.8. The van der Waals surface area contributed by atoms with Crippen molar-refractivity contribution in [3.63, 3.8) is 0 Å². The van der Waals surface area contributed by atoms with Gasteiger partial charge in [-0.25, -0.2) is 4.79 Å². The van der Waals surface area contributed by atoms with Crippen LogP contribution in [0, 0.1) is 33.6 Å². The van der Waals surface area contributed by atoms with Crippen LogP contribution in [-0.2, 0) is 14.3 Å². The van der Waals surface area contributed by atoms with E-state index < -0.39 is 23.8 Å². The van der Waals surface area contributed by atoms with Crippen LogP contribution in [0.2, 0.25) is 0 Å². The summed E-state index contributed by atoms with van der Waals surface area (Å²) >= 11 is 0. The highest BCUT2D eigenvalue weighted by molar-refractivity contribution is 6.00. The number of amides is 3. The minimum Gasteiger partial charge on any atom is -0.444 e. The van der Waals surface area contributed by atoms with Gasteiger partial charge in [-0.05, 0) is 95.0 Å². The van der Waals surface area contributed by atoms with Crippen molar-refractivity contribution >= 4 is 23.6 Å². The SMILES string of the molecule is Cc1cccc(C)c1NC(=O)C(c1c(C)cccc1C)N(C(=O)C(NC(=O)OC(C)(C)C)C(C)C)C1CC1. The molecule has 7 heteroatoms. The maximum Gasteiger partial charge on any atom is 0.408 e. The van der Waals surface area contributed by atoms with E-state index in [0.717, 1.165) is 46.3 Å². The number of nitrogens with one attached hydrogen (secondary N) is 2. The van der Waals surface area contributed by atoms with E-state index in [-0.39, 0.29) is 23.8 Å². The highest BCUT2D eigenvalue weighted by Crippen LogP contribution is 2.39. The first-order chi connectivity index (χ1) is 17.7. The summed E-state index contributed by atoms with van der Waals surface area (Å²) in [5.74, 6) is -0.756. The van der Waals surface area contributed by atoms with Gasteiger partial charge in [-0.3, -0.25) is 9.59 Å². The number of anilines is 1. The summed E-state index contributed by atoms with van der Waals surface area (Å²) in [5.41, 5.74) is 4.65. The molecule has 0 aliphatic heterocycles. The standard InChI is InChI=1S/C31H43N3O4/c1-18(2)25(33-30(37)38-31(7,8)9)29(36)34(23-16-17-23)27(24-19(3)12-10-13-20(24)4)28(35)32-26-21(5)14-11-15-22(26)6/h10-15,18,23,25,27H,16-17H2,1-9H3,(H,32,35)(H,33,37). The predicted octanol–water partition coefficient (Wildman–Crippen LogP) is 6.14. The zero-order chi connectivity index (χ0) is 28.4. The molecule has 1 aliphatic rings. The van der Waals surface area contributed by atoms with E-state index in [0.29, 0.717) is 0 Å². The molecule has 0 radical (unpaired) electrons. The number of alkyl carbamates (subject to hydrolysis) is 1. The van der Waals surface area contributed by atoms with Gasteiger partial charge in [0.2, 0.25) is 5.91 Å². The first kappa shape index (κ1) is 29.2. The molecule has 2 atom stereocenters. The molecule has 1 fully saturated rings. The summed E-state index contributed by atoms with van der Waals surface area (Å²) in [6.45, 7) is 17.0. The predicted molar refractivity (Wildman–Crippen MR) is 151 cm³/mol. The Morgan fingerprint density at radius 1 is 0.895 bits per heavy atom. The molecular formula is C31H43N3O4. The Balaban J connectivity index is 2.07. The van der Waals surface area contributed by atoms with Crippen LogP contribution in [0.25, 0.3) is 0 Å². The number of benzene rings is 2. The van der Waals surface area contributed by atoms with Crippen molar-refractivity contribution in [2.24, 2.45) is 5.92 Å². The summed E-state index contributed by atoms with van der Waals surface area (Å²) in [5, 5.41) is 5.94. The molecule has 0 heterocycles. The van der Waals surface area contributed by atoms with Crippen molar-refractivity contribution in [1.82, 2.24) is 10.2 Å². The lowest BCUT2D eigenvalue weighted by molar-refractivity contribution is -0.142. The van der Waals surface area contributed by atoms with E-state index >= 15 is 0 Å². The fourth-order valence-corrected chi connectivity index (χ4v) is 4.84. The molecule has 2 N–H and O–H groups in total. The van der Waals surface area contributed by atoms with Gasteiger partial charge in [-0.1, -0.05) is 50.2 Å². The molecule has 1 saturated carbocycles. The maximum absolute atomic E-state index is 14.3. The van der Waals surface area contributed by atoms with Gasteiger partial charge >= 0.3 is 6.09 Å². The number of carbonyl (C=O) groups excluding carboxylic acids is 3. The number of para-hydroxylation sites is 1. The third-order valence-electron chi connectivity index (χ3n) is 6.87. The zero-order valence-electron chi connectivity index (χ0n) is 24.3. The van der Waals surface area contributed by atoms with Gasteiger partial charge in [-0.15, -0.1) is 0 Å². The Bertz CT molecular complexity index is 1150. The van der Waals surface area contributed by atoms with Crippen molar-refractivity contribution < 1.29 is 19.1 Å². The van der Waals surface area contributed by atoms with E-state index in [9.17, 15) is 14.4 Å². The molecule has 0 aromatic heterocycles. The van der Waals surface area contributed by atoms with E-state index in [2.05, 4.69) is 10.6 Å². The average molecular weight is 522 g/mol. The number of carbonyl (C=O) groups is 3. The first-order valence-corrected chi connectivity index (χ1v) is 13.5. The van der Waals surface area contributed by atoms with E-state index in [1.54, 1.807) is 25.7 Å². The van der Waals surface area contributed by atoms with E-state index in [1.807, 2.05) is 77.9 Å². The Morgan fingerprint density at radius 2 is 1.39 bits per heavy atom. The second kappa shape index (κ2) is 11.6. The van der Waals surface area contributed by atoms with Crippen molar-refractivity contribution in [3.8, 4) is 0 Å². The van der Waals surface area contributed by atoms with Crippen molar-refractivity contribution in [2.75, 3.05) is 5.32 Å². The molecule has 2 aromatic rings. The third-order valence-corrected chi connectivity index (χ3v) is 6.87. The Hall–Kier alpha value is -3.35. The van der Waals surface area contributed by atoms with Gasteiger partial charge in [0.25, 0.3) is 5.91 Å². The van der Waals surface area contributed by atoms with Crippen molar-refractivity contribution in [1.29, 1.82) is 0 Å². The fraction of sp³-hybridized carbons (Fsp3) is 0.516. The molecule has 1 aliphatic carbocycles. The summed E-state index contributed by atoms with van der Waals surface area (Å²) in [4.78, 5) is 42.9. The monoisotopic (exact) mass is 521 g/mol. The van der Waals surface area contributed by atoms with Crippen LogP contribution in [-0.4, -0.2) is 40.5 Å². The lowest BCUT2D eigenvalue weighted by Gasteiger charge is -2.37. The zero-order valence-corrected chi connectivity index (χ0v) is 24.3. The molecule has 3 amide bonds. The Morgan fingerprint density at radius 3 is 1.84 bits per heavy atom. The van der Waals surface area contributed by atoms with Crippen LogP contribution < -0.4 is 10.6 Å². The lowest BCUT2D eigenvalue weighted by atomic mass is 9.92. The van der Waals surface area contributed by atoms with Crippen LogP contribution in [0.4, 0.5) is 10.5 Å². The van der Waals surface area contributed by atoms with Crippen molar-refractivity contribution in [3.05, 3.63) is 64.2 Å². The Labute approximate surface area is 227 Å². The molecule has 7 nitrogen and oxygen atoms in total. The lowest BCUT2D eigenvalue weighted by Crippen LogP contribution is -2.55. The molecular weight excluding hydrogens is 478 g/mol. The molecule has 0 spiro atoms. The smallest absolute Gasteiger partial charge is 0.408 e. The van der Waals surface area contributed by atoms with Gasteiger partial charge in [0.05, 0.1) is 0 Å². The number of hydrogen-bond donors (Lipinski definition) is 2. The molecule has 3 rings (SSSR count). The van der Waals surface area contributed by atoms with Gasteiger partial charge in [0, 0.05) is 11.7 Å². The van der Waals surface area contributed by atoms with Crippen LogP contribution in [0.5, 0.6) is 0 Å². The van der Waals surface area contributed by atoms with Gasteiger partial charge in [0.1, 0.15) is 17.7 Å². The summed E-state index contributed by atoms with van der Waals surface area (Å²) in [7, 11) is 0. The second-order valence-electron chi connectivity index (χ2n) is 11.8. The number of ether oxygens (including phenoxy) is 1. The van der Waals surface area contributed by atoms with Gasteiger partial charge < -0.3 is 20.3 Å². The average Bonchev–Trinajstić information content (AvgIpc) is 3.62. The number of nitrogens with zero attached hydrogens (tertiary/aromatic N) is 1. The molecule has 0 bridgehead atoms. The first-order valence-electron chi connectivity index (χ1n) is 13.5. The largest absolute Gasteiger partial charge is 0.444 e. The summed E-state index contributed by atoms with van der Waals surface area (Å²) in [6, 6.07) is 9.99. The van der Waals surface area contributed by atoms with Crippen molar-refractivity contribution in [2.45, 2.75) is 98.9 Å².